The van der Waals surface area contributed by atoms with Gasteiger partial charge in [-0.1, -0.05) is 17.7 Å². The zero-order valence-electron chi connectivity index (χ0n) is 10.0. The van der Waals surface area contributed by atoms with Crippen LogP contribution in [-0.2, 0) is 6.54 Å². The lowest BCUT2D eigenvalue weighted by Crippen LogP contribution is -2.39. The zero-order chi connectivity index (χ0) is 15.0. The minimum Gasteiger partial charge on any atom is -0.332 e. The summed E-state index contributed by atoms with van der Waals surface area (Å²) >= 11 is 5.63. The Bertz CT molecular complexity index is 510. The lowest BCUT2D eigenvalue weighted by atomic mass is 10.2. The van der Waals surface area contributed by atoms with Gasteiger partial charge in [0.2, 0.25) is 0 Å². The lowest BCUT2D eigenvalue weighted by molar-refractivity contribution is -0.172. The van der Waals surface area contributed by atoms with E-state index in [0.29, 0.717) is 10.6 Å². The van der Waals surface area contributed by atoms with Gasteiger partial charge in [-0.25, -0.2) is 9.78 Å². The van der Waals surface area contributed by atoms with Crippen molar-refractivity contribution in [2.45, 2.75) is 18.4 Å². The third-order valence-electron chi connectivity index (χ3n) is 2.79. The molecule has 1 aliphatic rings. The summed E-state index contributed by atoms with van der Waals surface area (Å²) in [6.45, 7) is -2.71. The topological polar surface area (TPSA) is 45.2 Å². The second-order valence-electron chi connectivity index (χ2n) is 4.38. The minimum atomic E-state index is -4.21. The first-order valence-electron chi connectivity index (χ1n) is 5.61. The molecule has 110 valence electrons. The summed E-state index contributed by atoms with van der Waals surface area (Å²) in [6.07, 6.45) is 0. The lowest BCUT2D eigenvalue weighted by Gasteiger charge is -2.15. The highest BCUT2D eigenvalue weighted by atomic mass is 35.5. The van der Waals surface area contributed by atoms with Gasteiger partial charge in [0.25, 0.3) is 0 Å². The molecule has 9 heteroatoms. The Balaban J connectivity index is 1.94. The van der Waals surface area contributed by atoms with Gasteiger partial charge in [0.15, 0.2) is 0 Å². The molecule has 0 atom stereocenters. The zero-order valence-corrected chi connectivity index (χ0v) is 10.8. The first kappa shape index (κ1) is 14.8. The maximum absolute atomic E-state index is 12.9. The molecule has 0 radical (unpaired) electrons. The van der Waals surface area contributed by atoms with Gasteiger partial charge in [-0.3, -0.25) is 0 Å². The van der Waals surface area contributed by atoms with Gasteiger partial charge in [0.1, 0.15) is 5.15 Å². The number of hydrogen-bond donors (Lipinski definition) is 1. The van der Waals surface area contributed by atoms with Crippen LogP contribution in [0.2, 0.25) is 5.15 Å². The molecule has 4 nitrogen and oxygen atoms in total. The van der Waals surface area contributed by atoms with Crippen molar-refractivity contribution in [3.63, 3.8) is 0 Å². The Morgan fingerprint density at radius 3 is 2.45 bits per heavy atom. The number of likely N-dealkylation sites (tertiary alicyclic amines) is 1. The summed E-state index contributed by atoms with van der Waals surface area (Å²) in [5.41, 5.74) is 0.392. The first-order chi connectivity index (χ1) is 9.21. The van der Waals surface area contributed by atoms with Crippen LogP contribution in [0, 0.1) is 0 Å². The molecule has 1 fully saturated rings. The molecule has 1 aromatic heterocycles. The van der Waals surface area contributed by atoms with Gasteiger partial charge in [-0.05, 0) is 12.1 Å². The fraction of sp³-hybridized carbons (Fsp3) is 0.455. The van der Waals surface area contributed by atoms with Crippen molar-refractivity contribution in [3.05, 3.63) is 29.0 Å². The molecule has 1 saturated heterocycles. The fourth-order valence-electron chi connectivity index (χ4n) is 1.74. The third-order valence-corrected chi connectivity index (χ3v) is 3.01. The van der Waals surface area contributed by atoms with Crippen molar-refractivity contribution in [2.75, 3.05) is 13.1 Å². The second kappa shape index (κ2) is 5.08. The molecule has 20 heavy (non-hydrogen) atoms. The van der Waals surface area contributed by atoms with E-state index in [1.165, 1.54) is 6.07 Å². The number of nitrogens with zero attached hydrogens (tertiary/aromatic N) is 2. The van der Waals surface area contributed by atoms with Crippen molar-refractivity contribution in [3.8, 4) is 0 Å². The number of aromatic nitrogens is 1. The van der Waals surface area contributed by atoms with Crippen LogP contribution >= 0.6 is 11.6 Å². The summed E-state index contributed by atoms with van der Waals surface area (Å²) in [4.78, 5) is 15.8. The van der Waals surface area contributed by atoms with Crippen LogP contribution in [0.4, 0.5) is 22.4 Å². The van der Waals surface area contributed by atoms with Crippen LogP contribution in [0.1, 0.15) is 5.69 Å². The van der Waals surface area contributed by atoms with E-state index in [1.54, 1.807) is 12.1 Å². The number of urea groups is 1. The van der Waals surface area contributed by atoms with Gasteiger partial charge >= 0.3 is 17.9 Å². The number of nitrogens with one attached hydrogen (secondary N) is 1. The maximum Gasteiger partial charge on any atom is 0.329 e. The SMILES string of the molecule is O=C(NCc1cccc(Cl)n1)N1CC(F)(F)C(F)(F)C1. The van der Waals surface area contributed by atoms with Crippen LogP contribution in [0.3, 0.4) is 0 Å². The van der Waals surface area contributed by atoms with E-state index in [1.807, 2.05) is 0 Å². The van der Waals surface area contributed by atoms with Gasteiger partial charge in [0, 0.05) is 0 Å². The Morgan fingerprint density at radius 1 is 1.30 bits per heavy atom. The summed E-state index contributed by atoms with van der Waals surface area (Å²) < 4.78 is 51.8. The molecular weight excluding hydrogens is 302 g/mol. The molecule has 0 aliphatic carbocycles. The summed E-state index contributed by atoms with van der Waals surface area (Å²) in [6, 6.07) is 3.67. The van der Waals surface area contributed by atoms with Crippen molar-refractivity contribution >= 4 is 17.6 Å². The van der Waals surface area contributed by atoms with Crippen molar-refractivity contribution in [1.82, 2.24) is 15.2 Å². The van der Waals surface area contributed by atoms with Crippen molar-refractivity contribution < 1.29 is 22.4 Å². The average Bonchev–Trinajstić information content (AvgIpc) is 2.56. The molecular formula is C11H10ClF4N3O. The van der Waals surface area contributed by atoms with E-state index in [0.717, 1.165) is 0 Å². The average molecular weight is 312 g/mol. The molecule has 2 rings (SSSR count). The van der Waals surface area contributed by atoms with E-state index in [9.17, 15) is 22.4 Å². The molecule has 2 heterocycles. The maximum atomic E-state index is 12.9. The van der Waals surface area contributed by atoms with E-state index in [-0.39, 0.29) is 11.7 Å². The van der Waals surface area contributed by atoms with Gasteiger partial charge < -0.3 is 10.2 Å². The highest BCUT2D eigenvalue weighted by Crippen LogP contribution is 2.40. The largest absolute Gasteiger partial charge is 0.332 e. The van der Waals surface area contributed by atoms with Gasteiger partial charge in [-0.2, -0.15) is 17.6 Å². The number of amides is 2. The molecule has 1 aliphatic heterocycles. The second-order valence-corrected chi connectivity index (χ2v) is 4.76. The monoisotopic (exact) mass is 311 g/mol. The summed E-state index contributed by atoms with van der Waals surface area (Å²) in [5.74, 6) is -8.42. The molecule has 1 N–H and O–H groups in total. The molecule has 0 spiro atoms. The summed E-state index contributed by atoms with van der Waals surface area (Å²) in [7, 11) is 0. The Morgan fingerprint density at radius 2 is 1.90 bits per heavy atom. The Hall–Kier alpha value is -1.57. The van der Waals surface area contributed by atoms with Gasteiger partial charge in [0.05, 0.1) is 25.3 Å². The highest BCUT2D eigenvalue weighted by Gasteiger charge is 2.63. The van der Waals surface area contributed by atoms with Crippen molar-refractivity contribution in [2.24, 2.45) is 0 Å². The number of pyridine rings is 1. The number of alkyl halides is 4. The van der Waals surface area contributed by atoms with Crippen LogP contribution < -0.4 is 5.32 Å². The highest BCUT2D eigenvalue weighted by molar-refractivity contribution is 6.29. The number of hydrogen-bond acceptors (Lipinski definition) is 2. The Kier molecular flexibility index (Phi) is 3.77. The van der Waals surface area contributed by atoms with Crippen LogP contribution in [0.5, 0.6) is 0 Å². The normalized spacial score (nSPS) is 19.9. The first-order valence-corrected chi connectivity index (χ1v) is 5.99. The van der Waals surface area contributed by atoms with E-state index >= 15 is 0 Å². The smallest absolute Gasteiger partial charge is 0.329 e. The number of carbonyl (C=O) groups excluding carboxylic acids is 1. The fourth-order valence-corrected chi connectivity index (χ4v) is 1.92. The van der Waals surface area contributed by atoms with Crippen molar-refractivity contribution in [1.29, 1.82) is 0 Å². The van der Waals surface area contributed by atoms with E-state index in [2.05, 4.69) is 10.3 Å². The molecule has 0 aromatic carbocycles. The van der Waals surface area contributed by atoms with Gasteiger partial charge in [-0.15, -0.1) is 0 Å². The number of halogens is 5. The number of rotatable bonds is 2. The number of carbonyl (C=O) groups is 1. The Labute approximate surface area is 116 Å². The summed E-state index contributed by atoms with van der Waals surface area (Å²) in [5, 5.41) is 2.45. The molecule has 0 unspecified atom stereocenters. The molecule has 0 saturated carbocycles. The predicted molar refractivity (Wildman–Crippen MR) is 62.9 cm³/mol. The van der Waals surface area contributed by atoms with E-state index in [4.69, 9.17) is 11.6 Å². The minimum absolute atomic E-state index is 0.0902. The quantitative estimate of drug-likeness (QED) is 0.674. The molecule has 1 aromatic rings. The van der Waals surface area contributed by atoms with Crippen LogP contribution in [-0.4, -0.2) is 40.8 Å². The third kappa shape index (κ3) is 2.95. The van der Waals surface area contributed by atoms with E-state index < -0.39 is 31.0 Å². The standard InChI is InChI=1S/C11H10ClF4N3O/c12-8-3-1-2-7(18-8)4-17-9(20)19-5-10(13,14)11(15,16)6-19/h1-3H,4-6H2,(H,17,20). The molecule has 0 bridgehead atoms. The molecule has 2 amide bonds. The predicted octanol–water partition coefficient (Wildman–Crippen LogP) is 2.53. The van der Waals surface area contributed by atoms with Crippen LogP contribution in [0.25, 0.3) is 0 Å². The van der Waals surface area contributed by atoms with Crippen LogP contribution in [0.15, 0.2) is 18.2 Å².